The minimum atomic E-state index is -0.395. The zero-order valence-corrected chi connectivity index (χ0v) is 23.9. The van der Waals surface area contributed by atoms with Gasteiger partial charge in [0.2, 0.25) is 0 Å². The maximum Gasteiger partial charge on any atom is 0.175 e. The Bertz CT molecular complexity index is 1090. The molecule has 6 heteroatoms. The van der Waals surface area contributed by atoms with E-state index in [1.807, 2.05) is 26.0 Å². The summed E-state index contributed by atoms with van der Waals surface area (Å²) >= 11 is 3.68. The van der Waals surface area contributed by atoms with Crippen LogP contribution in [0.2, 0.25) is 0 Å². The molecule has 0 saturated carbocycles. The van der Waals surface area contributed by atoms with Crippen LogP contribution in [0.15, 0.2) is 39.1 Å². The second-order valence-electron chi connectivity index (χ2n) is 12.0. The summed E-state index contributed by atoms with van der Waals surface area (Å²) in [5.41, 5.74) is 4.39. The fourth-order valence-electron chi connectivity index (χ4n) is 6.02. The number of benzene rings is 1. The third-order valence-electron chi connectivity index (χ3n) is 7.28. The van der Waals surface area contributed by atoms with Crippen LogP contribution >= 0.6 is 15.9 Å². The first kappa shape index (κ1) is 26.0. The van der Waals surface area contributed by atoms with Crippen LogP contribution in [0.4, 0.5) is 0 Å². The number of methoxy groups -OCH3 is 1. The van der Waals surface area contributed by atoms with Crippen LogP contribution in [0.5, 0.6) is 11.5 Å². The molecule has 0 fully saturated rings. The number of rotatable bonds is 5. The van der Waals surface area contributed by atoms with Crippen molar-refractivity contribution < 1.29 is 19.1 Å². The summed E-state index contributed by atoms with van der Waals surface area (Å²) < 4.78 is 12.5. The van der Waals surface area contributed by atoms with E-state index < -0.39 is 5.92 Å². The lowest BCUT2D eigenvalue weighted by atomic mass is 9.63. The quantitative estimate of drug-likeness (QED) is 0.402. The van der Waals surface area contributed by atoms with Crippen LogP contribution < -0.4 is 9.47 Å². The molecule has 1 aliphatic heterocycles. The molecule has 0 bridgehead atoms. The van der Waals surface area contributed by atoms with E-state index in [1.54, 1.807) is 7.11 Å². The number of nitrogens with zero attached hydrogens (tertiary/aromatic N) is 1. The largest absolute Gasteiger partial charge is 0.493 e. The van der Waals surface area contributed by atoms with Crippen molar-refractivity contribution in [2.24, 2.45) is 10.8 Å². The summed E-state index contributed by atoms with van der Waals surface area (Å²) in [5.74, 6) is 1.11. The molecule has 3 aliphatic rings. The van der Waals surface area contributed by atoms with E-state index in [2.05, 4.69) is 55.4 Å². The van der Waals surface area contributed by atoms with Crippen LogP contribution in [0.1, 0.15) is 85.6 Å². The molecule has 0 atom stereocenters. The monoisotopic (exact) mass is 543 g/mol. The van der Waals surface area contributed by atoms with E-state index in [0.717, 1.165) is 52.0 Å². The van der Waals surface area contributed by atoms with Gasteiger partial charge in [0.25, 0.3) is 0 Å². The highest BCUT2D eigenvalue weighted by molar-refractivity contribution is 9.10. The van der Waals surface area contributed by atoms with Gasteiger partial charge in [-0.1, -0.05) is 27.7 Å². The molecule has 1 aromatic carbocycles. The maximum atomic E-state index is 13.8. The summed E-state index contributed by atoms with van der Waals surface area (Å²) in [6, 6.07) is 3.95. The Morgan fingerprint density at radius 3 is 1.91 bits per heavy atom. The first-order valence-corrected chi connectivity index (χ1v) is 13.4. The summed E-state index contributed by atoms with van der Waals surface area (Å²) in [4.78, 5) is 29.8. The van der Waals surface area contributed by atoms with Crippen LogP contribution in [0, 0.1) is 10.8 Å². The molecule has 4 rings (SSSR count). The normalized spacial score (nSPS) is 21.9. The number of ketones is 2. The number of Topliss-reactive ketones (excluding diaryl/α,β-unsaturated/α-hetero) is 2. The van der Waals surface area contributed by atoms with Crippen molar-refractivity contribution in [2.75, 3.05) is 13.7 Å². The average molecular weight is 545 g/mol. The van der Waals surface area contributed by atoms with E-state index in [-0.39, 0.29) is 28.5 Å². The molecule has 0 radical (unpaired) electrons. The number of carbonyl (C=O) groups excluding carboxylic acids is 2. The molecule has 0 spiro atoms. The highest BCUT2D eigenvalue weighted by atomic mass is 79.9. The molecule has 2 aliphatic carbocycles. The predicted octanol–water partition coefficient (Wildman–Crippen LogP) is 6.95. The number of hydrogen-bond donors (Lipinski definition) is 0. The van der Waals surface area contributed by atoms with Gasteiger partial charge in [0.15, 0.2) is 23.1 Å². The summed E-state index contributed by atoms with van der Waals surface area (Å²) in [6.07, 6.45) is 2.57. The Kier molecular flexibility index (Phi) is 6.76. The third-order valence-corrected chi connectivity index (χ3v) is 7.87. The molecular weight excluding hydrogens is 506 g/mol. The van der Waals surface area contributed by atoms with E-state index >= 15 is 0 Å². The van der Waals surface area contributed by atoms with E-state index in [0.29, 0.717) is 24.3 Å². The second-order valence-corrected chi connectivity index (χ2v) is 12.8. The summed E-state index contributed by atoms with van der Waals surface area (Å²) in [7, 11) is 1.62. The smallest absolute Gasteiger partial charge is 0.175 e. The van der Waals surface area contributed by atoms with Gasteiger partial charge in [0.05, 0.1) is 17.7 Å². The fraction of sp³-hybridized carbons (Fsp3) is 0.586. The lowest BCUT2D eigenvalue weighted by Crippen LogP contribution is -2.44. The van der Waals surface area contributed by atoms with Crippen LogP contribution in [-0.2, 0) is 9.59 Å². The van der Waals surface area contributed by atoms with Crippen LogP contribution in [-0.4, -0.2) is 36.2 Å². The number of hydrogen-bond acceptors (Lipinski definition) is 5. The molecule has 0 N–H and O–H groups in total. The Balaban J connectivity index is 1.99. The summed E-state index contributed by atoms with van der Waals surface area (Å²) in [6.45, 7) is 15.4. The Morgan fingerprint density at radius 1 is 0.971 bits per heavy atom. The zero-order valence-electron chi connectivity index (χ0n) is 22.3. The molecule has 5 nitrogen and oxygen atoms in total. The Hall–Kier alpha value is -2.08. The van der Waals surface area contributed by atoms with Crippen molar-refractivity contribution in [3.8, 4) is 11.5 Å². The first-order valence-electron chi connectivity index (χ1n) is 12.6. The van der Waals surface area contributed by atoms with Gasteiger partial charge in [-0.05, 0) is 78.1 Å². The number of allylic oxidation sites excluding steroid dienone is 4. The average Bonchev–Trinajstić information content (AvgIpc) is 2.71. The Morgan fingerprint density at radius 2 is 1.49 bits per heavy atom. The van der Waals surface area contributed by atoms with Gasteiger partial charge in [-0.3, -0.25) is 9.59 Å². The van der Waals surface area contributed by atoms with Crippen LogP contribution in [0.25, 0.3) is 0 Å². The minimum Gasteiger partial charge on any atom is -0.493 e. The van der Waals surface area contributed by atoms with Crippen molar-refractivity contribution in [1.29, 1.82) is 0 Å². The highest BCUT2D eigenvalue weighted by Gasteiger charge is 2.48. The lowest BCUT2D eigenvalue weighted by molar-refractivity contribution is -0.119. The molecule has 0 amide bonds. The SMILES string of the molecule is CCN1C2=C(C(=O)CC(C)(C)C2)C(c2cc(Br)c(OC(C)C)c(OC)c2)C2=C1CC(C)(C)CC2=O. The first-order chi connectivity index (χ1) is 16.3. The van der Waals surface area contributed by atoms with Crippen molar-refractivity contribution >= 4 is 27.5 Å². The van der Waals surface area contributed by atoms with Gasteiger partial charge >= 0.3 is 0 Å². The van der Waals surface area contributed by atoms with Gasteiger partial charge in [-0.2, -0.15) is 0 Å². The van der Waals surface area contributed by atoms with E-state index in [1.165, 1.54) is 0 Å². The molecule has 1 aromatic rings. The molecule has 0 aromatic heterocycles. The minimum absolute atomic E-state index is 0.0215. The summed E-state index contributed by atoms with van der Waals surface area (Å²) in [5, 5.41) is 0. The van der Waals surface area contributed by atoms with Crippen molar-refractivity contribution in [2.45, 2.75) is 86.2 Å². The maximum absolute atomic E-state index is 13.8. The van der Waals surface area contributed by atoms with Gasteiger partial charge in [-0.15, -0.1) is 0 Å². The van der Waals surface area contributed by atoms with Crippen molar-refractivity contribution in [1.82, 2.24) is 4.90 Å². The van der Waals surface area contributed by atoms with E-state index in [9.17, 15) is 9.59 Å². The lowest BCUT2D eigenvalue weighted by Gasteiger charge is -2.49. The fourth-order valence-corrected chi connectivity index (χ4v) is 6.57. The molecular formula is C29H38BrNO4. The highest BCUT2D eigenvalue weighted by Crippen LogP contribution is 2.55. The van der Waals surface area contributed by atoms with E-state index in [4.69, 9.17) is 9.47 Å². The molecule has 0 saturated heterocycles. The van der Waals surface area contributed by atoms with Crippen molar-refractivity contribution in [3.63, 3.8) is 0 Å². The third kappa shape index (κ3) is 4.71. The van der Waals surface area contributed by atoms with Crippen molar-refractivity contribution in [3.05, 3.63) is 44.7 Å². The molecule has 190 valence electrons. The predicted molar refractivity (Wildman–Crippen MR) is 142 cm³/mol. The second kappa shape index (κ2) is 9.10. The van der Waals surface area contributed by atoms with Gasteiger partial charge in [0, 0.05) is 47.8 Å². The number of carbonyl (C=O) groups is 2. The number of ether oxygens (including phenoxy) is 2. The standard InChI is InChI=1S/C29H38BrNO4/c1-9-31-19-12-28(4,5)14-21(32)25(19)24(26-20(31)13-29(6,7)15-22(26)33)17-10-18(30)27(35-16(2)3)23(11-17)34-8/h10-11,16,24H,9,12-15H2,1-8H3. The van der Waals surface area contributed by atoms with Gasteiger partial charge in [-0.25, -0.2) is 0 Å². The topological polar surface area (TPSA) is 55.8 Å². The number of halogens is 1. The molecule has 0 unspecified atom stereocenters. The van der Waals surface area contributed by atoms with Gasteiger partial charge in [0.1, 0.15) is 0 Å². The van der Waals surface area contributed by atoms with Gasteiger partial charge < -0.3 is 14.4 Å². The molecule has 35 heavy (non-hydrogen) atoms. The zero-order chi connectivity index (χ0) is 25.9. The Labute approximate surface area is 218 Å². The van der Waals surface area contributed by atoms with Crippen LogP contribution in [0.3, 0.4) is 0 Å². The molecule has 1 heterocycles.